The Morgan fingerprint density at radius 2 is 2.07 bits per heavy atom. The van der Waals surface area contributed by atoms with Crippen molar-refractivity contribution in [3.63, 3.8) is 0 Å². The highest BCUT2D eigenvalue weighted by Crippen LogP contribution is 2.24. The topological polar surface area (TPSA) is 12.9 Å². The third-order valence-electron chi connectivity index (χ3n) is 2.38. The van der Waals surface area contributed by atoms with Gasteiger partial charge < -0.3 is 0 Å². The van der Waals surface area contributed by atoms with E-state index in [0.29, 0.717) is 5.92 Å². The largest absolute Gasteiger partial charge is 0.260 e. The van der Waals surface area contributed by atoms with Crippen molar-refractivity contribution in [2.24, 2.45) is 0 Å². The summed E-state index contributed by atoms with van der Waals surface area (Å²) in [6.45, 7) is 14.4. The van der Waals surface area contributed by atoms with E-state index in [2.05, 4.69) is 31.5 Å². The molecule has 0 aromatic carbocycles. The summed E-state index contributed by atoms with van der Waals surface area (Å²) in [5.74, 6) is 0.521. The molecule has 0 spiro atoms. The van der Waals surface area contributed by atoms with Gasteiger partial charge in [-0.1, -0.05) is 40.3 Å². The first-order chi connectivity index (χ1) is 7.16. The second kappa shape index (κ2) is 7.22. The van der Waals surface area contributed by atoms with Gasteiger partial charge in [-0.15, -0.1) is 0 Å². The van der Waals surface area contributed by atoms with Crippen LogP contribution in [0.1, 0.15) is 58.2 Å². The lowest BCUT2D eigenvalue weighted by Gasteiger charge is -2.12. The van der Waals surface area contributed by atoms with Gasteiger partial charge >= 0.3 is 0 Å². The molecule has 1 heterocycles. The predicted molar refractivity (Wildman–Crippen MR) is 69.0 cm³/mol. The smallest absolute Gasteiger partial charge is 0.0506 e. The van der Waals surface area contributed by atoms with Crippen LogP contribution in [-0.4, -0.2) is 4.98 Å². The summed E-state index contributed by atoms with van der Waals surface area (Å²) in [4.78, 5) is 4.41. The van der Waals surface area contributed by atoms with Gasteiger partial charge in [0.15, 0.2) is 0 Å². The highest BCUT2D eigenvalue weighted by atomic mass is 14.7. The molecule has 1 aromatic heterocycles. The molecule has 84 valence electrons. The van der Waals surface area contributed by atoms with Gasteiger partial charge in [0, 0.05) is 6.20 Å². The van der Waals surface area contributed by atoms with Crippen LogP contribution in [0.3, 0.4) is 0 Å². The van der Waals surface area contributed by atoms with Crippen LogP contribution in [0, 0.1) is 0 Å². The van der Waals surface area contributed by atoms with E-state index in [-0.39, 0.29) is 0 Å². The SMILES string of the molecule is C=C(C)c1cccnc1C(C)CC.CC. The van der Waals surface area contributed by atoms with E-state index in [0.717, 1.165) is 12.0 Å². The monoisotopic (exact) mass is 205 g/mol. The minimum absolute atomic E-state index is 0.521. The molecule has 1 aromatic rings. The average Bonchev–Trinajstić information content (AvgIpc) is 2.30. The van der Waals surface area contributed by atoms with Crippen molar-refractivity contribution in [2.45, 2.75) is 47.0 Å². The van der Waals surface area contributed by atoms with Crippen LogP contribution >= 0.6 is 0 Å². The van der Waals surface area contributed by atoms with Crippen molar-refractivity contribution in [3.8, 4) is 0 Å². The van der Waals surface area contributed by atoms with Gasteiger partial charge in [-0.25, -0.2) is 0 Å². The summed E-state index contributed by atoms with van der Waals surface area (Å²) in [6.07, 6.45) is 2.98. The number of hydrogen-bond acceptors (Lipinski definition) is 1. The number of pyridine rings is 1. The third-order valence-corrected chi connectivity index (χ3v) is 2.38. The molecule has 0 aliphatic rings. The first-order valence-electron chi connectivity index (χ1n) is 5.77. The Bertz CT molecular complexity index is 302. The van der Waals surface area contributed by atoms with Gasteiger partial charge in [-0.3, -0.25) is 4.98 Å². The van der Waals surface area contributed by atoms with Gasteiger partial charge in [0.25, 0.3) is 0 Å². The lowest BCUT2D eigenvalue weighted by Crippen LogP contribution is -1.99. The highest BCUT2D eigenvalue weighted by Gasteiger charge is 2.09. The fraction of sp³-hybridized carbons (Fsp3) is 0.500. The van der Waals surface area contributed by atoms with Crippen molar-refractivity contribution in [2.75, 3.05) is 0 Å². The molecular weight excluding hydrogens is 182 g/mol. The van der Waals surface area contributed by atoms with E-state index in [4.69, 9.17) is 0 Å². The second-order valence-electron chi connectivity index (χ2n) is 3.53. The van der Waals surface area contributed by atoms with Crippen LogP contribution in [0.2, 0.25) is 0 Å². The summed E-state index contributed by atoms with van der Waals surface area (Å²) in [6, 6.07) is 4.06. The van der Waals surface area contributed by atoms with Crippen molar-refractivity contribution < 1.29 is 0 Å². The average molecular weight is 205 g/mol. The maximum absolute atomic E-state index is 4.41. The molecule has 1 unspecified atom stereocenters. The molecule has 0 N–H and O–H groups in total. The van der Waals surface area contributed by atoms with Gasteiger partial charge in [0.1, 0.15) is 0 Å². The minimum Gasteiger partial charge on any atom is -0.260 e. The van der Waals surface area contributed by atoms with Crippen LogP contribution < -0.4 is 0 Å². The maximum Gasteiger partial charge on any atom is 0.0506 e. The van der Waals surface area contributed by atoms with Crippen molar-refractivity contribution in [1.82, 2.24) is 4.98 Å². The summed E-state index contributed by atoms with van der Waals surface area (Å²) in [5, 5.41) is 0. The number of hydrogen-bond donors (Lipinski definition) is 0. The summed E-state index contributed by atoms with van der Waals surface area (Å²) in [5.41, 5.74) is 3.48. The van der Waals surface area contributed by atoms with E-state index >= 15 is 0 Å². The maximum atomic E-state index is 4.41. The summed E-state index contributed by atoms with van der Waals surface area (Å²) in [7, 11) is 0. The van der Waals surface area contributed by atoms with Crippen molar-refractivity contribution in [3.05, 3.63) is 36.2 Å². The zero-order chi connectivity index (χ0) is 11.8. The Kier molecular flexibility index (Phi) is 6.68. The number of aromatic nitrogens is 1. The van der Waals surface area contributed by atoms with Gasteiger partial charge in [0.2, 0.25) is 0 Å². The lowest BCUT2D eigenvalue weighted by atomic mass is 9.96. The Morgan fingerprint density at radius 3 is 2.53 bits per heavy atom. The summed E-state index contributed by atoms with van der Waals surface area (Å²) >= 11 is 0. The van der Waals surface area contributed by atoms with Crippen LogP contribution in [0.15, 0.2) is 24.9 Å². The van der Waals surface area contributed by atoms with E-state index in [1.165, 1.54) is 11.3 Å². The molecule has 0 bridgehead atoms. The van der Waals surface area contributed by atoms with E-state index in [9.17, 15) is 0 Å². The second-order valence-corrected chi connectivity index (χ2v) is 3.53. The van der Waals surface area contributed by atoms with Crippen molar-refractivity contribution in [1.29, 1.82) is 0 Å². The molecule has 0 radical (unpaired) electrons. The molecule has 1 rings (SSSR count). The summed E-state index contributed by atoms with van der Waals surface area (Å²) < 4.78 is 0. The molecule has 15 heavy (non-hydrogen) atoms. The molecule has 0 amide bonds. The Morgan fingerprint density at radius 1 is 1.47 bits per heavy atom. The molecule has 0 saturated carbocycles. The molecule has 1 heteroatoms. The standard InChI is InChI=1S/C12H17N.C2H6/c1-5-10(4)12-11(9(2)3)7-6-8-13-12;1-2/h6-8,10H,2,5H2,1,3-4H3;1-2H3. The highest BCUT2D eigenvalue weighted by molar-refractivity contribution is 5.63. The Labute approximate surface area is 94.3 Å². The predicted octanol–water partition coefficient (Wildman–Crippen LogP) is 4.65. The van der Waals surface area contributed by atoms with E-state index < -0.39 is 0 Å². The quantitative estimate of drug-likeness (QED) is 0.699. The van der Waals surface area contributed by atoms with Gasteiger partial charge in [0.05, 0.1) is 5.69 Å². The van der Waals surface area contributed by atoms with Gasteiger partial charge in [-0.05, 0) is 36.5 Å². The molecule has 0 aliphatic heterocycles. The molecule has 0 saturated heterocycles. The minimum atomic E-state index is 0.521. The Hall–Kier alpha value is -1.11. The van der Waals surface area contributed by atoms with Crippen molar-refractivity contribution >= 4 is 5.57 Å². The van der Waals surface area contributed by atoms with E-state index in [1.807, 2.05) is 33.0 Å². The van der Waals surface area contributed by atoms with Crippen LogP contribution in [0.5, 0.6) is 0 Å². The van der Waals surface area contributed by atoms with Gasteiger partial charge in [-0.2, -0.15) is 0 Å². The molecular formula is C14H23N. The van der Waals surface area contributed by atoms with Crippen LogP contribution in [0.25, 0.3) is 5.57 Å². The fourth-order valence-electron chi connectivity index (χ4n) is 1.36. The number of rotatable bonds is 3. The Balaban J connectivity index is 0.000000921. The normalized spacial score (nSPS) is 11.3. The molecule has 0 aliphatic carbocycles. The first kappa shape index (κ1) is 13.9. The number of allylic oxidation sites excluding steroid dienone is 1. The van der Waals surface area contributed by atoms with Crippen LogP contribution in [-0.2, 0) is 0 Å². The first-order valence-corrected chi connectivity index (χ1v) is 5.77. The lowest BCUT2D eigenvalue weighted by molar-refractivity contribution is 0.705. The van der Waals surface area contributed by atoms with Crippen LogP contribution in [0.4, 0.5) is 0 Å². The molecule has 1 atom stereocenters. The zero-order valence-electron chi connectivity index (χ0n) is 10.7. The molecule has 1 nitrogen and oxygen atoms in total. The molecule has 0 fully saturated rings. The fourth-order valence-corrected chi connectivity index (χ4v) is 1.36. The van der Waals surface area contributed by atoms with E-state index in [1.54, 1.807) is 0 Å². The zero-order valence-corrected chi connectivity index (χ0v) is 10.7. The third kappa shape index (κ3) is 3.86. The number of nitrogens with zero attached hydrogens (tertiary/aromatic N) is 1.